The van der Waals surface area contributed by atoms with E-state index in [2.05, 4.69) is 5.32 Å². The van der Waals surface area contributed by atoms with E-state index in [0.717, 1.165) is 23.8 Å². The van der Waals surface area contributed by atoms with Gasteiger partial charge in [0.25, 0.3) is 0 Å². The Kier molecular flexibility index (Phi) is 11.2. The van der Waals surface area contributed by atoms with E-state index >= 15 is 0 Å². The van der Waals surface area contributed by atoms with Crippen LogP contribution in [0.1, 0.15) is 57.6 Å². The Bertz CT molecular complexity index is 1120. The molecule has 0 aliphatic heterocycles. The van der Waals surface area contributed by atoms with Gasteiger partial charge in [0.1, 0.15) is 6.04 Å². The van der Waals surface area contributed by atoms with Crippen molar-refractivity contribution in [3.63, 3.8) is 0 Å². The Balaban J connectivity index is 2.22. The Morgan fingerprint density at radius 1 is 1.06 bits per heavy atom. The highest BCUT2D eigenvalue weighted by Gasteiger charge is 2.29. The van der Waals surface area contributed by atoms with Crippen molar-refractivity contribution in [2.75, 3.05) is 17.1 Å². The quantitative estimate of drug-likeness (QED) is 0.394. The van der Waals surface area contributed by atoms with Crippen molar-refractivity contribution < 1.29 is 18.0 Å². The molecule has 0 heterocycles. The van der Waals surface area contributed by atoms with E-state index in [1.165, 1.54) is 4.31 Å². The van der Waals surface area contributed by atoms with Crippen LogP contribution in [0.15, 0.2) is 48.5 Å². The highest BCUT2D eigenvalue weighted by atomic mass is 35.5. The molecule has 2 aromatic carbocycles. The molecule has 0 aromatic heterocycles. The topological polar surface area (TPSA) is 86.8 Å². The molecule has 9 heteroatoms. The predicted octanol–water partition coefficient (Wildman–Crippen LogP) is 4.92. The minimum atomic E-state index is -3.57. The molecule has 0 unspecified atom stereocenters. The summed E-state index contributed by atoms with van der Waals surface area (Å²) in [5.41, 5.74) is 2.49. The zero-order valence-electron chi connectivity index (χ0n) is 21.8. The third-order valence-electron chi connectivity index (χ3n) is 6.11. The van der Waals surface area contributed by atoms with E-state index in [0.29, 0.717) is 30.1 Å². The Morgan fingerprint density at radius 3 is 2.28 bits per heavy atom. The third kappa shape index (κ3) is 8.82. The number of halogens is 1. The molecule has 0 saturated heterocycles. The molecule has 198 valence electrons. The molecule has 36 heavy (non-hydrogen) atoms. The molecule has 2 amide bonds. The second-order valence-electron chi connectivity index (χ2n) is 9.17. The molecule has 0 fully saturated rings. The SMILES string of the molecule is CC[C@H](C)NC(=O)[C@H](CC)N(Cc1ccc(C)cc1)C(=O)CCCN(c1cccc(Cl)c1)S(C)(=O)=O. The fourth-order valence-corrected chi connectivity index (χ4v) is 5.03. The molecule has 0 bridgehead atoms. The van der Waals surface area contributed by atoms with Crippen LogP contribution in [0.4, 0.5) is 5.69 Å². The van der Waals surface area contributed by atoms with Gasteiger partial charge in [0.2, 0.25) is 21.8 Å². The summed E-state index contributed by atoms with van der Waals surface area (Å²) in [5.74, 6) is -0.370. The maximum atomic E-state index is 13.5. The Hall–Kier alpha value is -2.58. The first-order valence-corrected chi connectivity index (χ1v) is 14.6. The maximum Gasteiger partial charge on any atom is 0.243 e. The lowest BCUT2D eigenvalue weighted by atomic mass is 10.1. The minimum Gasteiger partial charge on any atom is -0.352 e. The standard InChI is InChI=1S/C27H38ClN3O4S/c1-6-21(4)29-27(33)25(7-2)30(19-22-15-13-20(3)14-16-22)26(32)12-9-17-31(36(5,34)35)24-11-8-10-23(28)18-24/h8,10-11,13-16,18,21,25H,6-7,9,12,17,19H2,1-5H3,(H,29,33)/t21-,25-/m0/s1. The molecule has 2 aromatic rings. The normalized spacial score (nSPS) is 13.1. The molecule has 0 radical (unpaired) electrons. The van der Waals surface area contributed by atoms with E-state index in [-0.39, 0.29) is 30.8 Å². The molecule has 1 N–H and O–H groups in total. The van der Waals surface area contributed by atoms with Gasteiger partial charge >= 0.3 is 0 Å². The number of rotatable bonds is 13. The summed E-state index contributed by atoms with van der Waals surface area (Å²) >= 11 is 6.06. The Labute approximate surface area is 220 Å². The number of anilines is 1. The predicted molar refractivity (Wildman–Crippen MR) is 147 cm³/mol. The summed E-state index contributed by atoms with van der Waals surface area (Å²) in [6.45, 7) is 8.24. The van der Waals surface area contributed by atoms with E-state index in [4.69, 9.17) is 11.6 Å². The fraction of sp³-hybridized carbons (Fsp3) is 0.481. The van der Waals surface area contributed by atoms with Gasteiger partial charge < -0.3 is 10.2 Å². The van der Waals surface area contributed by atoms with Crippen LogP contribution in [0.25, 0.3) is 0 Å². The van der Waals surface area contributed by atoms with Crippen molar-refractivity contribution in [2.24, 2.45) is 0 Å². The lowest BCUT2D eigenvalue weighted by Gasteiger charge is -2.32. The number of hydrogen-bond acceptors (Lipinski definition) is 4. The van der Waals surface area contributed by atoms with Crippen LogP contribution in [0.3, 0.4) is 0 Å². The summed E-state index contributed by atoms with van der Waals surface area (Å²) in [7, 11) is -3.57. The van der Waals surface area contributed by atoms with E-state index in [1.54, 1.807) is 29.2 Å². The van der Waals surface area contributed by atoms with Gasteiger partial charge in [0, 0.05) is 30.6 Å². The molecule has 2 atom stereocenters. The molecule has 0 aliphatic carbocycles. The lowest BCUT2D eigenvalue weighted by molar-refractivity contribution is -0.141. The average molecular weight is 536 g/mol. The number of benzene rings is 2. The summed E-state index contributed by atoms with van der Waals surface area (Å²) < 4.78 is 26.1. The van der Waals surface area contributed by atoms with Crippen LogP contribution in [0.5, 0.6) is 0 Å². The van der Waals surface area contributed by atoms with Crippen LogP contribution in [0, 0.1) is 6.92 Å². The van der Waals surface area contributed by atoms with E-state index in [1.807, 2.05) is 52.0 Å². The summed E-state index contributed by atoms with van der Waals surface area (Å²) in [6.07, 6.45) is 2.79. The van der Waals surface area contributed by atoms with Gasteiger partial charge in [-0.3, -0.25) is 13.9 Å². The number of carbonyl (C=O) groups excluding carboxylic acids is 2. The number of nitrogens with zero attached hydrogens (tertiary/aromatic N) is 2. The smallest absolute Gasteiger partial charge is 0.243 e. The fourth-order valence-electron chi connectivity index (χ4n) is 3.89. The number of amides is 2. The van der Waals surface area contributed by atoms with Crippen molar-refractivity contribution in [3.8, 4) is 0 Å². The van der Waals surface area contributed by atoms with Crippen molar-refractivity contribution >= 4 is 39.1 Å². The zero-order chi connectivity index (χ0) is 26.9. The molecule has 7 nitrogen and oxygen atoms in total. The van der Waals surface area contributed by atoms with Gasteiger partial charge in [0.05, 0.1) is 11.9 Å². The number of sulfonamides is 1. The second kappa shape index (κ2) is 13.7. The van der Waals surface area contributed by atoms with Gasteiger partial charge in [-0.25, -0.2) is 8.42 Å². The monoisotopic (exact) mass is 535 g/mol. The second-order valence-corrected chi connectivity index (χ2v) is 11.5. The highest BCUT2D eigenvalue weighted by molar-refractivity contribution is 7.92. The average Bonchev–Trinajstić information content (AvgIpc) is 2.81. The molecular weight excluding hydrogens is 498 g/mol. The van der Waals surface area contributed by atoms with Crippen LogP contribution < -0.4 is 9.62 Å². The van der Waals surface area contributed by atoms with Crippen LogP contribution in [-0.4, -0.2) is 50.0 Å². The van der Waals surface area contributed by atoms with Gasteiger partial charge in [-0.2, -0.15) is 0 Å². The van der Waals surface area contributed by atoms with E-state index < -0.39 is 16.1 Å². The molecule has 0 aliphatic rings. The first kappa shape index (κ1) is 29.6. The summed E-state index contributed by atoms with van der Waals surface area (Å²) in [6, 6.07) is 13.9. The number of hydrogen-bond donors (Lipinski definition) is 1. The van der Waals surface area contributed by atoms with Gasteiger partial charge in [-0.05, 0) is 56.9 Å². The molecule has 2 rings (SSSR count). The number of nitrogens with one attached hydrogen (secondary N) is 1. The largest absolute Gasteiger partial charge is 0.352 e. The first-order valence-electron chi connectivity index (χ1n) is 12.3. The summed E-state index contributed by atoms with van der Waals surface area (Å²) in [4.78, 5) is 28.1. The maximum absolute atomic E-state index is 13.5. The Morgan fingerprint density at radius 2 is 1.72 bits per heavy atom. The molecule has 0 saturated carbocycles. The van der Waals surface area contributed by atoms with Crippen LogP contribution >= 0.6 is 11.6 Å². The number of aryl methyl sites for hydroxylation is 1. The zero-order valence-corrected chi connectivity index (χ0v) is 23.4. The van der Waals surface area contributed by atoms with E-state index in [9.17, 15) is 18.0 Å². The van der Waals surface area contributed by atoms with Gasteiger partial charge in [0.15, 0.2) is 0 Å². The van der Waals surface area contributed by atoms with Gasteiger partial charge in [-0.15, -0.1) is 0 Å². The lowest BCUT2D eigenvalue weighted by Crippen LogP contribution is -2.50. The van der Waals surface area contributed by atoms with Crippen LogP contribution in [0.2, 0.25) is 5.02 Å². The molecular formula is C27H38ClN3O4S. The minimum absolute atomic E-state index is 0.00360. The van der Waals surface area contributed by atoms with Crippen LogP contribution in [-0.2, 0) is 26.2 Å². The number of carbonyl (C=O) groups is 2. The third-order valence-corrected chi connectivity index (χ3v) is 7.54. The van der Waals surface area contributed by atoms with Crippen molar-refractivity contribution in [3.05, 3.63) is 64.7 Å². The summed E-state index contributed by atoms with van der Waals surface area (Å²) in [5, 5.41) is 3.43. The van der Waals surface area contributed by atoms with Gasteiger partial charge in [-0.1, -0.05) is 61.3 Å². The van der Waals surface area contributed by atoms with Crippen molar-refractivity contribution in [1.82, 2.24) is 10.2 Å². The molecule has 0 spiro atoms. The van der Waals surface area contributed by atoms with Crippen molar-refractivity contribution in [2.45, 2.75) is 72.0 Å². The first-order chi connectivity index (χ1) is 17.0. The highest BCUT2D eigenvalue weighted by Crippen LogP contribution is 2.23. The van der Waals surface area contributed by atoms with Crippen molar-refractivity contribution in [1.29, 1.82) is 0 Å².